The van der Waals surface area contributed by atoms with Crippen LogP contribution in [0.5, 0.6) is 0 Å². The number of carbonyl (C=O) groups is 1. The molecule has 17 heavy (non-hydrogen) atoms. The lowest BCUT2D eigenvalue weighted by Gasteiger charge is -2.42. The minimum absolute atomic E-state index is 0.0768. The SMILES string of the molecule is COCCOCC(=O)N1CC(C)N(C)C(C)C1. The molecule has 1 saturated heterocycles. The average Bonchev–Trinajstić information content (AvgIpc) is 2.30. The number of amides is 1. The molecule has 1 aliphatic heterocycles. The van der Waals surface area contributed by atoms with E-state index >= 15 is 0 Å². The number of carbonyl (C=O) groups excluding carboxylic acids is 1. The summed E-state index contributed by atoms with van der Waals surface area (Å²) in [5, 5.41) is 0. The van der Waals surface area contributed by atoms with E-state index in [1.54, 1.807) is 7.11 Å². The van der Waals surface area contributed by atoms with E-state index in [4.69, 9.17) is 9.47 Å². The van der Waals surface area contributed by atoms with Gasteiger partial charge in [-0.05, 0) is 20.9 Å². The molecule has 0 bridgehead atoms. The molecule has 0 aliphatic carbocycles. The minimum Gasteiger partial charge on any atom is -0.382 e. The van der Waals surface area contributed by atoms with Crippen molar-refractivity contribution >= 4 is 5.91 Å². The minimum atomic E-state index is 0.0768. The van der Waals surface area contributed by atoms with Gasteiger partial charge in [-0.25, -0.2) is 0 Å². The Bertz CT molecular complexity index is 236. The highest BCUT2D eigenvalue weighted by Crippen LogP contribution is 2.13. The fraction of sp³-hybridized carbons (Fsp3) is 0.917. The van der Waals surface area contributed by atoms with E-state index < -0.39 is 0 Å². The number of hydrogen-bond acceptors (Lipinski definition) is 4. The zero-order valence-corrected chi connectivity index (χ0v) is 11.3. The van der Waals surface area contributed by atoms with Crippen LogP contribution in [0.2, 0.25) is 0 Å². The van der Waals surface area contributed by atoms with Crippen molar-refractivity contribution in [1.29, 1.82) is 0 Å². The van der Waals surface area contributed by atoms with Crippen LogP contribution in [0.4, 0.5) is 0 Å². The molecular weight excluding hydrogens is 220 g/mol. The summed E-state index contributed by atoms with van der Waals surface area (Å²) in [5.41, 5.74) is 0. The van der Waals surface area contributed by atoms with Crippen molar-refractivity contribution in [3.63, 3.8) is 0 Å². The van der Waals surface area contributed by atoms with Crippen molar-refractivity contribution in [2.24, 2.45) is 0 Å². The van der Waals surface area contributed by atoms with Gasteiger partial charge in [0.15, 0.2) is 0 Å². The number of methoxy groups -OCH3 is 1. The molecular formula is C12H24N2O3. The number of hydrogen-bond donors (Lipinski definition) is 0. The van der Waals surface area contributed by atoms with Gasteiger partial charge >= 0.3 is 0 Å². The Balaban J connectivity index is 2.32. The summed E-state index contributed by atoms with van der Waals surface area (Å²) in [5.74, 6) is 0.0768. The predicted octanol–water partition coefficient (Wildman–Crippen LogP) is 0.200. The van der Waals surface area contributed by atoms with Crippen molar-refractivity contribution in [2.45, 2.75) is 25.9 Å². The second-order valence-corrected chi connectivity index (χ2v) is 4.71. The number of likely N-dealkylation sites (N-methyl/N-ethyl adjacent to an activating group) is 1. The highest BCUT2D eigenvalue weighted by Gasteiger charge is 2.28. The van der Waals surface area contributed by atoms with Crippen molar-refractivity contribution in [3.8, 4) is 0 Å². The van der Waals surface area contributed by atoms with Crippen LogP contribution in [0, 0.1) is 0 Å². The van der Waals surface area contributed by atoms with Gasteiger partial charge in [-0.2, -0.15) is 0 Å². The molecule has 0 radical (unpaired) electrons. The largest absolute Gasteiger partial charge is 0.382 e. The molecule has 0 spiro atoms. The first-order valence-electron chi connectivity index (χ1n) is 6.12. The number of nitrogens with zero attached hydrogens (tertiary/aromatic N) is 2. The van der Waals surface area contributed by atoms with Gasteiger partial charge in [-0.1, -0.05) is 0 Å². The summed E-state index contributed by atoms with van der Waals surface area (Å²) in [4.78, 5) is 16.1. The third-order valence-electron chi connectivity index (χ3n) is 3.37. The molecule has 2 unspecified atom stereocenters. The zero-order chi connectivity index (χ0) is 12.8. The Morgan fingerprint density at radius 1 is 1.24 bits per heavy atom. The van der Waals surface area contributed by atoms with Crippen molar-refractivity contribution < 1.29 is 14.3 Å². The Kier molecular flexibility index (Phi) is 5.88. The fourth-order valence-electron chi connectivity index (χ4n) is 2.00. The molecule has 5 heteroatoms. The predicted molar refractivity (Wildman–Crippen MR) is 66.0 cm³/mol. The fourth-order valence-corrected chi connectivity index (χ4v) is 2.00. The first-order valence-corrected chi connectivity index (χ1v) is 6.12. The van der Waals surface area contributed by atoms with E-state index in [1.165, 1.54) is 0 Å². The van der Waals surface area contributed by atoms with Crippen molar-refractivity contribution in [3.05, 3.63) is 0 Å². The topological polar surface area (TPSA) is 42.0 Å². The van der Waals surface area contributed by atoms with Gasteiger partial charge in [0.1, 0.15) is 6.61 Å². The van der Waals surface area contributed by atoms with Crippen LogP contribution in [-0.2, 0) is 14.3 Å². The number of piperazine rings is 1. The molecule has 0 N–H and O–H groups in total. The lowest BCUT2D eigenvalue weighted by molar-refractivity contribution is -0.140. The Labute approximate surface area is 104 Å². The molecule has 100 valence electrons. The van der Waals surface area contributed by atoms with Gasteiger partial charge in [0.25, 0.3) is 0 Å². The lowest BCUT2D eigenvalue weighted by Crippen LogP contribution is -2.57. The first kappa shape index (κ1) is 14.4. The molecule has 5 nitrogen and oxygen atoms in total. The quantitative estimate of drug-likeness (QED) is 0.648. The van der Waals surface area contributed by atoms with E-state index in [1.807, 2.05) is 4.90 Å². The summed E-state index contributed by atoms with van der Waals surface area (Å²) in [6.07, 6.45) is 0. The average molecular weight is 244 g/mol. The van der Waals surface area contributed by atoms with E-state index in [9.17, 15) is 4.79 Å². The standard InChI is InChI=1S/C12H24N2O3/c1-10-7-14(8-11(2)13(10)3)12(15)9-17-6-5-16-4/h10-11H,5-9H2,1-4H3. The van der Waals surface area contributed by atoms with Crippen LogP contribution in [0.15, 0.2) is 0 Å². The molecule has 1 amide bonds. The van der Waals surface area contributed by atoms with E-state index in [0.717, 1.165) is 13.1 Å². The summed E-state index contributed by atoms with van der Waals surface area (Å²) in [7, 11) is 3.72. The van der Waals surface area contributed by atoms with Crippen LogP contribution in [0.1, 0.15) is 13.8 Å². The Morgan fingerprint density at radius 3 is 2.35 bits per heavy atom. The normalized spacial score (nSPS) is 26.2. The number of rotatable bonds is 5. The molecule has 0 saturated carbocycles. The first-order chi connectivity index (χ1) is 8.06. The van der Waals surface area contributed by atoms with Gasteiger partial charge in [0, 0.05) is 32.3 Å². The Hall–Kier alpha value is -0.650. The smallest absolute Gasteiger partial charge is 0.248 e. The van der Waals surface area contributed by atoms with Gasteiger partial charge in [-0.3, -0.25) is 9.69 Å². The zero-order valence-electron chi connectivity index (χ0n) is 11.3. The van der Waals surface area contributed by atoms with Gasteiger partial charge in [0.05, 0.1) is 13.2 Å². The van der Waals surface area contributed by atoms with Crippen LogP contribution < -0.4 is 0 Å². The highest BCUT2D eigenvalue weighted by molar-refractivity contribution is 5.77. The lowest BCUT2D eigenvalue weighted by atomic mass is 10.1. The van der Waals surface area contributed by atoms with Crippen LogP contribution in [0.3, 0.4) is 0 Å². The summed E-state index contributed by atoms with van der Waals surface area (Å²) >= 11 is 0. The molecule has 0 aromatic carbocycles. The van der Waals surface area contributed by atoms with Gasteiger partial charge in [0.2, 0.25) is 5.91 Å². The Morgan fingerprint density at radius 2 is 1.82 bits per heavy atom. The molecule has 1 aliphatic rings. The monoisotopic (exact) mass is 244 g/mol. The summed E-state index contributed by atoms with van der Waals surface area (Å²) in [6.45, 7) is 7.01. The van der Waals surface area contributed by atoms with Crippen molar-refractivity contribution in [1.82, 2.24) is 9.80 Å². The summed E-state index contributed by atoms with van der Waals surface area (Å²) < 4.78 is 10.1. The summed E-state index contributed by atoms with van der Waals surface area (Å²) in [6, 6.07) is 0.809. The molecule has 0 aromatic heterocycles. The molecule has 2 atom stereocenters. The maximum Gasteiger partial charge on any atom is 0.248 e. The second-order valence-electron chi connectivity index (χ2n) is 4.71. The maximum absolute atomic E-state index is 11.9. The van der Waals surface area contributed by atoms with Gasteiger partial charge in [-0.15, -0.1) is 0 Å². The molecule has 1 fully saturated rings. The van der Waals surface area contributed by atoms with E-state index in [0.29, 0.717) is 25.3 Å². The molecule has 1 rings (SSSR count). The van der Waals surface area contributed by atoms with E-state index in [-0.39, 0.29) is 12.5 Å². The van der Waals surface area contributed by atoms with Crippen LogP contribution in [-0.4, -0.2) is 74.9 Å². The van der Waals surface area contributed by atoms with E-state index in [2.05, 4.69) is 25.8 Å². The maximum atomic E-state index is 11.9. The molecule has 0 aromatic rings. The van der Waals surface area contributed by atoms with Crippen molar-refractivity contribution in [2.75, 3.05) is 47.1 Å². The third-order valence-corrected chi connectivity index (χ3v) is 3.37. The van der Waals surface area contributed by atoms with Gasteiger partial charge < -0.3 is 14.4 Å². The van der Waals surface area contributed by atoms with Crippen LogP contribution in [0.25, 0.3) is 0 Å². The third kappa shape index (κ3) is 4.26. The second kappa shape index (κ2) is 6.93. The highest BCUT2D eigenvalue weighted by atomic mass is 16.5. The molecule has 1 heterocycles. The van der Waals surface area contributed by atoms with Crippen LogP contribution >= 0.6 is 0 Å². The number of ether oxygens (including phenoxy) is 2.